The Balaban J connectivity index is 2.39. The number of thioether (sulfide) groups is 1. The maximum absolute atomic E-state index is 11.5. The van der Waals surface area contributed by atoms with Crippen molar-refractivity contribution < 1.29 is 0 Å². The fraction of sp³-hybridized carbons (Fsp3) is 0.167. The normalized spacial score (nSPS) is 10.4. The van der Waals surface area contributed by atoms with Gasteiger partial charge in [-0.05, 0) is 30.5 Å². The molecule has 2 aromatic rings. The van der Waals surface area contributed by atoms with Crippen LogP contribution in [0.15, 0.2) is 40.3 Å². The highest BCUT2D eigenvalue weighted by atomic mass is 35.5. The second-order valence-corrected chi connectivity index (χ2v) is 4.88. The monoisotopic (exact) mass is 281 g/mol. The predicted octanol–water partition coefficient (Wildman–Crippen LogP) is 2.91. The molecule has 0 bridgehead atoms. The molecule has 2 rings (SSSR count). The van der Waals surface area contributed by atoms with Gasteiger partial charge in [-0.15, -0.1) is 0 Å². The first kappa shape index (κ1) is 13.0. The molecular weight excluding hydrogens is 270 g/mol. The van der Waals surface area contributed by atoms with E-state index in [0.29, 0.717) is 16.0 Å². The highest BCUT2D eigenvalue weighted by Crippen LogP contribution is 2.23. The van der Waals surface area contributed by atoms with Crippen molar-refractivity contribution in [3.05, 3.63) is 45.7 Å². The minimum absolute atomic E-state index is 0.162. The van der Waals surface area contributed by atoms with Crippen LogP contribution in [0.1, 0.15) is 0 Å². The van der Waals surface area contributed by atoms with Crippen LogP contribution in [0.3, 0.4) is 0 Å². The summed E-state index contributed by atoms with van der Waals surface area (Å²) in [4.78, 5) is 20.4. The summed E-state index contributed by atoms with van der Waals surface area (Å²) in [5.74, 6) is 0.602. The zero-order valence-corrected chi connectivity index (χ0v) is 11.5. The number of H-pyrrole nitrogens is 1. The molecule has 0 radical (unpaired) electrons. The van der Waals surface area contributed by atoms with Crippen LogP contribution in [-0.2, 0) is 0 Å². The Morgan fingerprint density at radius 3 is 2.61 bits per heavy atom. The van der Waals surface area contributed by atoms with Gasteiger partial charge < -0.3 is 9.88 Å². The second kappa shape index (κ2) is 5.46. The average Bonchev–Trinajstić information content (AvgIpc) is 2.38. The Morgan fingerprint density at radius 1 is 1.33 bits per heavy atom. The lowest BCUT2D eigenvalue weighted by Crippen LogP contribution is -2.16. The molecule has 0 atom stereocenters. The molecular formula is C12H12ClN3OS. The summed E-state index contributed by atoms with van der Waals surface area (Å²) in [6, 6.07) is 8.83. The van der Waals surface area contributed by atoms with Crippen LogP contribution in [-0.4, -0.2) is 23.3 Å². The third-order valence-corrected chi connectivity index (χ3v) is 3.29. The highest BCUT2D eigenvalue weighted by Gasteiger charge is 2.07. The molecule has 1 aromatic carbocycles. The Hall–Kier alpha value is -1.46. The van der Waals surface area contributed by atoms with Crippen LogP contribution >= 0.6 is 23.4 Å². The number of halogens is 1. The van der Waals surface area contributed by atoms with Gasteiger partial charge in [0, 0.05) is 23.8 Å². The molecule has 6 heteroatoms. The molecule has 1 N–H and O–H groups in total. The van der Waals surface area contributed by atoms with Gasteiger partial charge >= 0.3 is 0 Å². The van der Waals surface area contributed by atoms with Gasteiger partial charge in [-0.1, -0.05) is 23.4 Å². The Bertz CT molecular complexity index is 597. The van der Waals surface area contributed by atoms with Gasteiger partial charge in [0.1, 0.15) is 5.82 Å². The van der Waals surface area contributed by atoms with Crippen LogP contribution in [0.5, 0.6) is 0 Å². The lowest BCUT2D eigenvalue weighted by Gasteiger charge is -2.18. The minimum Gasteiger partial charge on any atom is -0.329 e. The van der Waals surface area contributed by atoms with Crippen molar-refractivity contribution >= 4 is 34.9 Å². The first-order chi connectivity index (χ1) is 8.60. The lowest BCUT2D eigenvalue weighted by atomic mass is 10.3. The maximum atomic E-state index is 11.5. The molecule has 0 saturated carbocycles. The minimum atomic E-state index is -0.162. The number of nitrogens with zero attached hydrogens (tertiary/aromatic N) is 2. The van der Waals surface area contributed by atoms with E-state index in [2.05, 4.69) is 9.97 Å². The van der Waals surface area contributed by atoms with Crippen molar-refractivity contribution in [2.75, 3.05) is 18.2 Å². The smallest absolute Gasteiger partial charge is 0.253 e. The SMILES string of the molecule is CSc1nc(N(C)c2ccc(Cl)cc2)cc(=O)[nH]1. The van der Waals surface area contributed by atoms with Crippen LogP contribution in [0, 0.1) is 0 Å². The predicted molar refractivity (Wildman–Crippen MR) is 76.2 cm³/mol. The van der Waals surface area contributed by atoms with E-state index >= 15 is 0 Å². The number of aromatic nitrogens is 2. The highest BCUT2D eigenvalue weighted by molar-refractivity contribution is 7.98. The van der Waals surface area contributed by atoms with Crippen molar-refractivity contribution in [3.63, 3.8) is 0 Å². The molecule has 0 amide bonds. The number of aromatic amines is 1. The molecule has 0 aliphatic carbocycles. The molecule has 0 aliphatic heterocycles. The Morgan fingerprint density at radius 2 is 2.00 bits per heavy atom. The van der Waals surface area contributed by atoms with Gasteiger partial charge in [-0.3, -0.25) is 4.79 Å². The summed E-state index contributed by atoms with van der Waals surface area (Å²) < 4.78 is 0. The van der Waals surface area contributed by atoms with Crippen molar-refractivity contribution in [1.82, 2.24) is 9.97 Å². The molecule has 1 aromatic heterocycles. The maximum Gasteiger partial charge on any atom is 0.253 e. The fourth-order valence-electron chi connectivity index (χ4n) is 1.49. The van der Waals surface area contributed by atoms with Gasteiger partial charge in [-0.25, -0.2) is 4.98 Å². The standard InChI is InChI=1S/C12H12ClN3OS/c1-16(9-5-3-8(13)4-6-9)10-7-11(17)15-12(14-10)18-2/h3-7H,1-2H3,(H,14,15,17). The third kappa shape index (κ3) is 2.86. The van der Waals surface area contributed by atoms with E-state index in [-0.39, 0.29) is 5.56 Å². The number of hydrogen-bond donors (Lipinski definition) is 1. The van der Waals surface area contributed by atoms with E-state index in [9.17, 15) is 4.79 Å². The average molecular weight is 282 g/mol. The summed E-state index contributed by atoms with van der Waals surface area (Å²) in [6.07, 6.45) is 1.87. The first-order valence-electron chi connectivity index (χ1n) is 5.25. The number of anilines is 2. The molecule has 0 aliphatic rings. The summed E-state index contributed by atoms with van der Waals surface area (Å²) in [6.45, 7) is 0. The number of hydrogen-bond acceptors (Lipinski definition) is 4. The van der Waals surface area contributed by atoms with E-state index < -0.39 is 0 Å². The molecule has 94 valence electrons. The van der Waals surface area contributed by atoms with Gasteiger partial charge in [0.15, 0.2) is 5.16 Å². The van der Waals surface area contributed by atoms with Crippen molar-refractivity contribution in [2.45, 2.75) is 5.16 Å². The summed E-state index contributed by atoms with van der Waals surface area (Å²) in [5, 5.41) is 1.27. The van der Waals surface area contributed by atoms with Gasteiger partial charge in [-0.2, -0.15) is 0 Å². The second-order valence-electron chi connectivity index (χ2n) is 3.65. The summed E-state index contributed by atoms with van der Waals surface area (Å²) in [7, 11) is 1.86. The zero-order valence-electron chi connectivity index (χ0n) is 9.98. The topological polar surface area (TPSA) is 49.0 Å². The van der Waals surface area contributed by atoms with E-state index in [4.69, 9.17) is 11.6 Å². The van der Waals surface area contributed by atoms with Crippen LogP contribution in [0.2, 0.25) is 5.02 Å². The first-order valence-corrected chi connectivity index (χ1v) is 6.85. The Kier molecular flexibility index (Phi) is 3.93. The lowest BCUT2D eigenvalue weighted by molar-refractivity contribution is 0.920. The van der Waals surface area contributed by atoms with Crippen LogP contribution < -0.4 is 10.5 Å². The summed E-state index contributed by atoms with van der Waals surface area (Å²) in [5.41, 5.74) is 0.759. The van der Waals surface area contributed by atoms with Crippen molar-refractivity contribution in [3.8, 4) is 0 Å². The molecule has 1 heterocycles. The van der Waals surface area contributed by atoms with Crippen molar-refractivity contribution in [2.24, 2.45) is 0 Å². The molecule has 0 fully saturated rings. The van der Waals surface area contributed by atoms with E-state index in [0.717, 1.165) is 5.69 Å². The molecule has 18 heavy (non-hydrogen) atoms. The zero-order chi connectivity index (χ0) is 13.1. The van der Waals surface area contributed by atoms with Gasteiger partial charge in [0.25, 0.3) is 5.56 Å². The van der Waals surface area contributed by atoms with Gasteiger partial charge in [0.2, 0.25) is 0 Å². The molecule has 0 saturated heterocycles. The quantitative estimate of drug-likeness (QED) is 0.694. The van der Waals surface area contributed by atoms with E-state index in [1.54, 1.807) is 12.1 Å². The van der Waals surface area contributed by atoms with Gasteiger partial charge in [0.05, 0.1) is 0 Å². The molecule has 0 unspecified atom stereocenters. The van der Waals surface area contributed by atoms with E-state index in [1.165, 1.54) is 17.8 Å². The number of rotatable bonds is 3. The molecule has 4 nitrogen and oxygen atoms in total. The van der Waals surface area contributed by atoms with Crippen LogP contribution in [0.25, 0.3) is 0 Å². The molecule has 0 spiro atoms. The number of nitrogens with one attached hydrogen (secondary N) is 1. The van der Waals surface area contributed by atoms with Crippen LogP contribution in [0.4, 0.5) is 11.5 Å². The largest absolute Gasteiger partial charge is 0.329 e. The fourth-order valence-corrected chi connectivity index (χ4v) is 2.00. The third-order valence-electron chi connectivity index (χ3n) is 2.46. The van der Waals surface area contributed by atoms with Crippen molar-refractivity contribution in [1.29, 1.82) is 0 Å². The Labute approximate surface area is 114 Å². The number of benzene rings is 1. The summed E-state index contributed by atoms with van der Waals surface area (Å²) >= 11 is 7.24. The van der Waals surface area contributed by atoms with E-state index in [1.807, 2.05) is 30.3 Å².